The predicted octanol–water partition coefficient (Wildman–Crippen LogP) is 2.53. The topological polar surface area (TPSA) is 89.2 Å². The van der Waals surface area contributed by atoms with Crippen LogP contribution in [0.2, 0.25) is 0 Å². The third kappa shape index (κ3) is 3.25. The smallest absolute Gasteiger partial charge is 0.274 e. The lowest BCUT2D eigenvalue weighted by molar-refractivity contribution is -0.384. The molecule has 1 aromatic carbocycles. The van der Waals surface area contributed by atoms with E-state index in [1.165, 1.54) is 29.4 Å². The molecule has 2 aromatic rings. The Labute approximate surface area is 127 Å². The molecule has 114 valence electrons. The predicted molar refractivity (Wildman–Crippen MR) is 80.4 cm³/mol. The lowest BCUT2D eigenvalue weighted by Crippen LogP contribution is -2.30. The van der Waals surface area contributed by atoms with E-state index in [-0.39, 0.29) is 23.3 Å². The molecule has 1 heterocycles. The highest BCUT2D eigenvalue weighted by atomic mass is 16.6. The fraction of sp³-hybridized carbons (Fsp3) is 0.267. The van der Waals surface area contributed by atoms with Gasteiger partial charge in [-0.1, -0.05) is 12.1 Å². The maximum atomic E-state index is 12.4. The molecule has 0 N–H and O–H groups in total. The van der Waals surface area contributed by atoms with Crippen molar-refractivity contribution in [2.24, 2.45) is 0 Å². The molecule has 1 unspecified atom stereocenters. The Kier molecular flexibility index (Phi) is 4.45. The Balaban J connectivity index is 2.22. The number of amides is 1. The van der Waals surface area contributed by atoms with Crippen LogP contribution in [-0.2, 0) is 0 Å². The zero-order valence-electron chi connectivity index (χ0n) is 12.6. The molecule has 0 bridgehead atoms. The lowest BCUT2D eigenvalue weighted by Gasteiger charge is -2.24. The van der Waals surface area contributed by atoms with E-state index in [0.29, 0.717) is 5.56 Å². The summed E-state index contributed by atoms with van der Waals surface area (Å²) in [5.74, 6) is -0.286. The summed E-state index contributed by atoms with van der Waals surface area (Å²) < 4.78 is 0. The summed E-state index contributed by atoms with van der Waals surface area (Å²) in [5.41, 5.74) is 1.65. The van der Waals surface area contributed by atoms with E-state index in [9.17, 15) is 14.9 Å². The van der Waals surface area contributed by atoms with Crippen LogP contribution in [0.4, 0.5) is 5.69 Å². The molecule has 2 rings (SSSR count). The SMILES string of the molecule is Cc1cnc(C(=O)N(C)C(C)c2cccc([N+](=O)[O-])c2)cn1. The average Bonchev–Trinajstić information content (AvgIpc) is 2.53. The molecule has 22 heavy (non-hydrogen) atoms. The molecule has 0 spiro atoms. The monoisotopic (exact) mass is 300 g/mol. The zero-order chi connectivity index (χ0) is 16.3. The van der Waals surface area contributed by atoms with Gasteiger partial charge in [-0.25, -0.2) is 4.98 Å². The molecule has 1 atom stereocenters. The second-order valence-corrected chi connectivity index (χ2v) is 4.99. The number of benzene rings is 1. The van der Waals surface area contributed by atoms with Crippen LogP contribution in [0.25, 0.3) is 0 Å². The van der Waals surface area contributed by atoms with Crippen LogP contribution in [0.5, 0.6) is 0 Å². The highest BCUT2D eigenvalue weighted by Gasteiger charge is 2.21. The van der Waals surface area contributed by atoms with Gasteiger partial charge in [0.1, 0.15) is 5.69 Å². The molecule has 0 fully saturated rings. The maximum Gasteiger partial charge on any atom is 0.274 e. The van der Waals surface area contributed by atoms with Gasteiger partial charge >= 0.3 is 0 Å². The molecule has 7 heteroatoms. The van der Waals surface area contributed by atoms with Gasteiger partial charge in [0.2, 0.25) is 0 Å². The molecule has 0 saturated carbocycles. The van der Waals surface area contributed by atoms with Crippen molar-refractivity contribution in [3.05, 3.63) is 63.7 Å². The summed E-state index contributed by atoms with van der Waals surface area (Å²) in [4.78, 5) is 32.4. The van der Waals surface area contributed by atoms with Gasteiger partial charge in [-0.2, -0.15) is 0 Å². The zero-order valence-corrected chi connectivity index (χ0v) is 12.6. The second-order valence-electron chi connectivity index (χ2n) is 4.99. The van der Waals surface area contributed by atoms with Crippen LogP contribution < -0.4 is 0 Å². The van der Waals surface area contributed by atoms with Crippen molar-refractivity contribution in [3.8, 4) is 0 Å². The third-order valence-corrected chi connectivity index (χ3v) is 3.46. The Morgan fingerprint density at radius 2 is 2.05 bits per heavy atom. The highest BCUT2D eigenvalue weighted by Crippen LogP contribution is 2.23. The molecular weight excluding hydrogens is 284 g/mol. The van der Waals surface area contributed by atoms with E-state index in [1.54, 1.807) is 33.0 Å². The fourth-order valence-electron chi connectivity index (χ4n) is 1.98. The first-order valence-electron chi connectivity index (χ1n) is 6.70. The average molecular weight is 300 g/mol. The van der Waals surface area contributed by atoms with Gasteiger partial charge in [0, 0.05) is 25.4 Å². The molecular formula is C15H16N4O3. The molecule has 1 amide bonds. The maximum absolute atomic E-state index is 12.4. The number of nitrogens with zero attached hydrogens (tertiary/aromatic N) is 4. The van der Waals surface area contributed by atoms with Crippen molar-refractivity contribution in [2.45, 2.75) is 19.9 Å². The van der Waals surface area contributed by atoms with Crippen LogP contribution in [-0.4, -0.2) is 32.7 Å². The Morgan fingerprint density at radius 1 is 1.32 bits per heavy atom. The molecule has 0 aliphatic heterocycles. The first kappa shape index (κ1) is 15.6. The normalized spacial score (nSPS) is 11.8. The van der Waals surface area contributed by atoms with Gasteiger partial charge in [0.15, 0.2) is 0 Å². The van der Waals surface area contributed by atoms with E-state index < -0.39 is 4.92 Å². The van der Waals surface area contributed by atoms with Gasteiger partial charge in [0.05, 0.1) is 22.9 Å². The minimum atomic E-state index is -0.455. The van der Waals surface area contributed by atoms with Crippen LogP contribution >= 0.6 is 0 Å². The van der Waals surface area contributed by atoms with Gasteiger partial charge < -0.3 is 4.90 Å². The van der Waals surface area contributed by atoms with Crippen molar-refractivity contribution in [3.63, 3.8) is 0 Å². The number of aryl methyl sites for hydroxylation is 1. The standard InChI is InChI=1S/C15H16N4O3/c1-10-8-17-14(9-16-10)15(20)18(3)11(2)12-5-4-6-13(7-12)19(21)22/h4-9,11H,1-3H3. The molecule has 1 aromatic heterocycles. The quantitative estimate of drug-likeness (QED) is 0.639. The van der Waals surface area contributed by atoms with E-state index in [0.717, 1.165) is 5.69 Å². The van der Waals surface area contributed by atoms with E-state index >= 15 is 0 Å². The van der Waals surface area contributed by atoms with Gasteiger partial charge in [-0.05, 0) is 19.4 Å². The Bertz CT molecular complexity index is 700. The number of nitro groups is 1. The summed E-state index contributed by atoms with van der Waals surface area (Å²) in [7, 11) is 1.63. The Hall–Kier alpha value is -2.83. The fourth-order valence-corrected chi connectivity index (χ4v) is 1.98. The number of carbonyl (C=O) groups excluding carboxylic acids is 1. The lowest BCUT2D eigenvalue weighted by atomic mass is 10.1. The van der Waals surface area contributed by atoms with Crippen LogP contribution in [0, 0.1) is 17.0 Å². The van der Waals surface area contributed by atoms with Crippen molar-refractivity contribution in [1.82, 2.24) is 14.9 Å². The van der Waals surface area contributed by atoms with Crippen molar-refractivity contribution >= 4 is 11.6 Å². The van der Waals surface area contributed by atoms with E-state index in [1.807, 2.05) is 0 Å². The van der Waals surface area contributed by atoms with Crippen LogP contribution in [0.15, 0.2) is 36.7 Å². The minimum absolute atomic E-state index is 0.000302. The van der Waals surface area contributed by atoms with Crippen molar-refractivity contribution in [2.75, 3.05) is 7.05 Å². The number of aromatic nitrogens is 2. The number of hydrogen-bond donors (Lipinski definition) is 0. The largest absolute Gasteiger partial charge is 0.334 e. The number of carbonyl (C=O) groups is 1. The molecule has 0 saturated heterocycles. The summed E-state index contributed by atoms with van der Waals surface area (Å²) in [6.45, 7) is 3.59. The minimum Gasteiger partial charge on any atom is -0.334 e. The van der Waals surface area contributed by atoms with Crippen molar-refractivity contribution in [1.29, 1.82) is 0 Å². The first-order chi connectivity index (χ1) is 10.4. The Morgan fingerprint density at radius 3 is 2.64 bits per heavy atom. The summed E-state index contributed by atoms with van der Waals surface area (Å²) in [6.07, 6.45) is 2.95. The van der Waals surface area contributed by atoms with Crippen molar-refractivity contribution < 1.29 is 9.72 Å². The first-order valence-corrected chi connectivity index (χ1v) is 6.70. The van der Waals surface area contributed by atoms with Gasteiger partial charge in [-0.15, -0.1) is 0 Å². The molecule has 0 aliphatic carbocycles. The van der Waals surface area contributed by atoms with Crippen LogP contribution in [0.1, 0.15) is 34.7 Å². The number of nitro benzene ring substituents is 1. The molecule has 0 radical (unpaired) electrons. The van der Waals surface area contributed by atoms with E-state index in [4.69, 9.17) is 0 Å². The van der Waals surface area contributed by atoms with Gasteiger partial charge in [-0.3, -0.25) is 19.9 Å². The summed E-state index contributed by atoms with van der Waals surface area (Å²) in [6, 6.07) is 5.92. The van der Waals surface area contributed by atoms with E-state index in [2.05, 4.69) is 9.97 Å². The molecule has 7 nitrogen and oxygen atoms in total. The number of hydrogen-bond acceptors (Lipinski definition) is 5. The highest BCUT2D eigenvalue weighted by molar-refractivity contribution is 5.92. The third-order valence-electron chi connectivity index (χ3n) is 3.46. The number of non-ortho nitro benzene ring substituents is 1. The number of rotatable bonds is 4. The summed E-state index contributed by atoms with van der Waals surface area (Å²) >= 11 is 0. The van der Waals surface area contributed by atoms with Crippen LogP contribution in [0.3, 0.4) is 0 Å². The van der Waals surface area contributed by atoms with Gasteiger partial charge in [0.25, 0.3) is 11.6 Å². The molecule has 0 aliphatic rings. The second kappa shape index (κ2) is 6.30. The summed E-state index contributed by atoms with van der Waals surface area (Å²) in [5, 5.41) is 10.8.